The molecule has 1 aliphatic rings. The third-order valence-corrected chi connectivity index (χ3v) is 5.39. The van der Waals surface area contributed by atoms with E-state index in [9.17, 15) is 4.79 Å². The Labute approximate surface area is 177 Å². The summed E-state index contributed by atoms with van der Waals surface area (Å²) in [6.45, 7) is 7.08. The van der Waals surface area contributed by atoms with Crippen molar-refractivity contribution >= 4 is 17.5 Å². The van der Waals surface area contributed by atoms with E-state index < -0.39 is 6.09 Å². The second-order valence-electron chi connectivity index (χ2n) is 7.58. The fraction of sp³-hybridized carbons (Fsp3) is 0.240. The van der Waals surface area contributed by atoms with E-state index >= 15 is 0 Å². The number of hydrogen-bond donors (Lipinski definition) is 1. The van der Waals surface area contributed by atoms with E-state index in [1.807, 2.05) is 31.2 Å². The molecule has 0 spiro atoms. The molecule has 1 heterocycles. The molecule has 4 rings (SSSR count). The van der Waals surface area contributed by atoms with Crippen LogP contribution >= 0.6 is 0 Å². The van der Waals surface area contributed by atoms with E-state index in [1.165, 1.54) is 11.3 Å². The first-order valence-electron chi connectivity index (χ1n) is 10.3. The van der Waals surface area contributed by atoms with Gasteiger partial charge < -0.3 is 9.64 Å². The molecule has 0 radical (unpaired) electrons. The first-order chi connectivity index (χ1) is 14.7. The SMILES string of the molecule is Cc1cc(N2CCN(Cc3ccccc3)CC2)ccc1NC(=O)Oc1ccccc1. The molecule has 1 N–H and O–H groups in total. The Morgan fingerprint density at radius 1 is 0.900 bits per heavy atom. The van der Waals surface area contributed by atoms with Crippen LogP contribution in [0.25, 0.3) is 0 Å². The van der Waals surface area contributed by atoms with Crippen molar-refractivity contribution in [2.75, 3.05) is 36.4 Å². The quantitative estimate of drug-likeness (QED) is 0.659. The minimum atomic E-state index is -0.480. The molecule has 5 nitrogen and oxygen atoms in total. The maximum absolute atomic E-state index is 12.2. The molecular weight excluding hydrogens is 374 g/mol. The van der Waals surface area contributed by atoms with Gasteiger partial charge in [-0.25, -0.2) is 4.79 Å². The van der Waals surface area contributed by atoms with Crippen LogP contribution in [0, 0.1) is 6.92 Å². The number of nitrogens with zero attached hydrogens (tertiary/aromatic N) is 2. The highest BCUT2D eigenvalue weighted by molar-refractivity contribution is 5.87. The summed E-state index contributed by atoms with van der Waals surface area (Å²) in [5.74, 6) is 0.526. The first kappa shape index (κ1) is 20.0. The lowest BCUT2D eigenvalue weighted by atomic mass is 10.1. The molecule has 0 saturated carbocycles. The Morgan fingerprint density at radius 3 is 2.23 bits per heavy atom. The summed E-state index contributed by atoms with van der Waals surface area (Å²) in [4.78, 5) is 17.1. The lowest BCUT2D eigenvalue weighted by molar-refractivity contribution is 0.215. The summed E-state index contributed by atoms with van der Waals surface area (Å²) in [5, 5.41) is 2.84. The molecule has 0 aliphatic carbocycles. The van der Waals surface area contributed by atoms with Gasteiger partial charge in [-0.2, -0.15) is 0 Å². The minimum Gasteiger partial charge on any atom is -0.410 e. The van der Waals surface area contributed by atoms with Crippen molar-refractivity contribution in [3.8, 4) is 5.75 Å². The molecular formula is C25H27N3O2. The molecule has 0 unspecified atom stereocenters. The zero-order chi connectivity index (χ0) is 20.8. The molecule has 5 heteroatoms. The van der Waals surface area contributed by atoms with Crippen LogP contribution in [0.3, 0.4) is 0 Å². The number of hydrogen-bond acceptors (Lipinski definition) is 4. The van der Waals surface area contributed by atoms with Crippen LogP contribution in [0.4, 0.5) is 16.2 Å². The molecule has 3 aromatic rings. The van der Waals surface area contributed by atoms with Gasteiger partial charge in [-0.3, -0.25) is 10.2 Å². The maximum atomic E-state index is 12.2. The number of piperazine rings is 1. The molecule has 3 aromatic carbocycles. The van der Waals surface area contributed by atoms with Crippen LogP contribution in [0.5, 0.6) is 5.75 Å². The van der Waals surface area contributed by atoms with E-state index in [4.69, 9.17) is 4.74 Å². The molecule has 154 valence electrons. The molecule has 0 bridgehead atoms. The van der Waals surface area contributed by atoms with Crippen LogP contribution in [-0.2, 0) is 6.54 Å². The predicted octanol–water partition coefficient (Wildman–Crippen LogP) is 4.93. The highest BCUT2D eigenvalue weighted by Crippen LogP contribution is 2.24. The summed E-state index contributed by atoms with van der Waals surface area (Å²) < 4.78 is 5.31. The fourth-order valence-corrected chi connectivity index (χ4v) is 3.72. The molecule has 1 saturated heterocycles. The Morgan fingerprint density at radius 2 is 1.57 bits per heavy atom. The lowest BCUT2D eigenvalue weighted by Crippen LogP contribution is -2.46. The molecule has 1 amide bonds. The Balaban J connectivity index is 1.31. The average molecular weight is 402 g/mol. The average Bonchev–Trinajstić information content (AvgIpc) is 2.77. The Kier molecular flexibility index (Phi) is 6.30. The van der Waals surface area contributed by atoms with E-state index in [2.05, 4.69) is 57.6 Å². The van der Waals surface area contributed by atoms with E-state index in [0.29, 0.717) is 5.75 Å². The second-order valence-corrected chi connectivity index (χ2v) is 7.58. The van der Waals surface area contributed by atoms with E-state index in [-0.39, 0.29) is 0 Å². The van der Waals surface area contributed by atoms with Gasteiger partial charge in [-0.1, -0.05) is 48.5 Å². The minimum absolute atomic E-state index is 0.480. The zero-order valence-corrected chi connectivity index (χ0v) is 17.3. The van der Waals surface area contributed by atoms with Gasteiger partial charge in [0.2, 0.25) is 0 Å². The van der Waals surface area contributed by atoms with Crippen LogP contribution in [0.2, 0.25) is 0 Å². The number of rotatable bonds is 5. The van der Waals surface area contributed by atoms with Gasteiger partial charge in [-0.05, 0) is 48.4 Å². The summed E-state index contributed by atoms with van der Waals surface area (Å²) in [7, 11) is 0. The molecule has 0 aromatic heterocycles. The molecule has 1 aliphatic heterocycles. The number of carbonyl (C=O) groups excluding carboxylic acids is 1. The van der Waals surface area contributed by atoms with Crippen molar-refractivity contribution < 1.29 is 9.53 Å². The molecule has 1 fully saturated rings. The summed E-state index contributed by atoms with van der Waals surface area (Å²) in [6.07, 6.45) is -0.480. The number of aryl methyl sites for hydroxylation is 1. The lowest BCUT2D eigenvalue weighted by Gasteiger charge is -2.36. The van der Waals surface area contributed by atoms with Gasteiger partial charge in [-0.15, -0.1) is 0 Å². The predicted molar refractivity (Wildman–Crippen MR) is 121 cm³/mol. The van der Waals surface area contributed by atoms with Gasteiger partial charge in [0.25, 0.3) is 0 Å². The normalized spacial score (nSPS) is 14.4. The van der Waals surface area contributed by atoms with Crippen LogP contribution in [-0.4, -0.2) is 37.2 Å². The summed E-state index contributed by atoms with van der Waals surface area (Å²) in [6, 6.07) is 25.8. The van der Waals surface area contributed by atoms with Crippen LogP contribution < -0.4 is 15.0 Å². The number of carbonyl (C=O) groups is 1. The molecule has 0 atom stereocenters. The highest BCUT2D eigenvalue weighted by Gasteiger charge is 2.18. The van der Waals surface area contributed by atoms with Gasteiger partial charge in [0.15, 0.2) is 0 Å². The van der Waals surface area contributed by atoms with Crippen molar-refractivity contribution in [1.29, 1.82) is 0 Å². The number of anilines is 2. The van der Waals surface area contributed by atoms with Gasteiger partial charge in [0.05, 0.1) is 0 Å². The van der Waals surface area contributed by atoms with Crippen molar-refractivity contribution in [3.05, 3.63) is 90.0 Å². The van der Waals surface area contributed by atoms with Crippen molar-refractivity contribution in [2.24, 2.45) is 0 Å². The third-order valence-electron chi connectivity index (χ3n) is 5.39. The topological polar surface area (TPSA) is 44.8 Å². The largest absolute Gasteiger partial charge is 0.417 e. The summed E-state index contributed by atoms with van der Waals surface area (Å²) >= 11 is 0. The van der Waals surface area contributed by atoms with Gasteiger partial charge in [0, 0.05) is 44.1 Å². The maximum Gasteiger partial charge on any atom is 0.417 e. The van der Waals surface area contributed by atoms with Gasteiger partial charge in [0.1, 0.15) is 5.75 Å². The Bertz CT molecular complexity index is 968. The first-order valence-corrected chi connectivity index (χ1v) is 10.3. The van der Waals surface area contributed by atoms with Crippen molar-refractivity contribution in [3.63, 3.8) is 0 Å². The Hall–Kier alpha value is -3.31. The number of ether oxygens (including phenoxy) is 1. The monoisotopic (exact) mass is 401 g/mol. The van der Waals surface area contributed by atoms with E-state index in [1.54, 1.807) is 12.1 Å². The second kappa shape index (κ2) is 9.46. The number of benzene rings is 3. The van der Waals surface area contributed by atoms with Crippen LogP contribution in [0.1, 0.15) is 11.1 Å². The van der Waals surface area contributed by atoms with Crippen molar-refractivity contribution in [2.45, 2.75) is 13.5 Å². The standard InChI is InChI=1S/C25H27N3O2/c1-20-18-22(12-13-24(20)26-25(29)30-23-10-6-3-7-11-23)28-16-14-27(15-17-28)19-21-8-4-2-5-9-21/h2-13,18H,14-17,19H2,1H3,(H,26,29). The summed E-state index contributed by atoms with van der Waals surface area (Å²) in [5.41, 5.74) is 4.33. The number of para-hydroxylation sites is 1. The van der Waals surface area contributed by atoms with Crippen molar-refractivity contribution in [1.82, 2.24) is 4.90 Å². The highest BCUT2D eigenvalue weighted by atomic mass is 16.6. The smallest absolute Gasteiger partial charge is 0.410 e. The number of amides is 1. The third kappa shape index (κ3) is 5.19. The zero-order valence-electron chi connectivity index (χ0n) is 17.3. The van der Waals surface area contributed by atoms with Crippen LogP contribution in [0.15, 0.2) is 78.9 Å². The fourth-order valence-electron chi connectivity index (χ4n) is 3.72. The molecule has 30 heavy (non-hydrogen) atoms. The van der Waals surface area contributed by atoms with E-state index in [0.717, 1.165) is 44.0 Å². The number of nitrogens with one attached hydrogen (secondary N) is 1. The van der Waals surface area contributed by atoms with Gasteiger partial charge >= 0.3 is 6.09 Å².